The van der Waals surface area contributed by atoms with Crippen LogP contribution in [0.25, 0.3) is 0 Å². The van der Waals surface area contributed by atoms with Crippen molar-refractivity contribution in [1.82, 2.24) is 4.90 Å². The van der Waals surface area contributed by atoms with Gasteiger partial charge in [0.15, 0.2) is 0 Å². The molecule has 0 saturated carbocycles. The van der Waals surface area contributed by atoms with E-state index in [0.29, 0.717) is 30.8 Å². The average Bonchev–Trinajstić information content (AvgIpc) is 2.34. The Morgan fingerprint density at radius 1 is 1.41 bits per heavy atom. The molecule has 6 heteroatoms. The van der Waals surface area contributed by atoms with Gasteiger partial charge in [0.25, 0.3) is 5.91 Å². The first-order valence-corrected chi connectivity index (χ1v) is 6.28. The number of hydrogen-bond acceptors (Lipinski definition) is 2. The molecule has 0 radical (unpaired) electrons. The lowest BCUT2D eigenvalue weighted by Gasteiger charge is -2.27. The fraction of sp³-hybridized carbons (Fsp3) is 0.364. The molecule has 0 aromatic heterocycles. The fourth-order valence-electron chi connectivity index (χ4n) is 1.62. The lowest BCUT2D eigenvalue weighted by Crippen LogP contribution is -2.41. The number of benzene rings is 1. The number of halogens is 3. The van der Waals surface area contributed by atoms with Crippen molar-refractivity contribution >= 4 is 33.4 Å². The van der Waals surface area contributed by atoms with Crippen LogP contribution in [0.2, 0.25) is 5.02 Å². The third-order valence-corrected chi connectivity index (χ3v) is 3.74. The standard InChI is InChI=1S/C11H10BrClFNO2/c12-8-5-7(10(14)6-9(8)13)11(16)15-1-3-17-4-2-15/h5-6H,1-4H2. The predicted octanol–water partition coefficient (Wildman–Crippen LogP) is 2.71. The van der Waals surface area contributed by atoms with Crippen LogP contribution in [0.4, 0.5) is 4.39 Å². The molecule has 1 saturated heterocycles. The topological polar surface area (TPSA) is 29.5 Å². The van der Waals surface area contributed by atoms with E-state index >= 15 is 0 Å². The Morgan fingerprint density at radius 2 is 2.06 bits per heavy atom. The molecule has 0 aliphatic carbocycles. The lowest BCUT2D eigenvalue weighted by molar-refractivity contribution is 0.0300. The van der Waals surface area contributed by atoms with Crippen molar-refractivity contribution in [2.75, 3.05) is 26.3 Å². The Bertz CT molecular complexity index is 449. The second kappa shape index (κ2) is 5.33. The normalized spacial score (nSPS) is 16.1. The SMILES string of the molecule is O=C(c1cc(Br)c(Cl)cc1F)N1CCOCC1. The zero-order valence-electron chi connectivity index (χ0n) is 8.88. The molecule has 1 amide bonds. The van der Waals surface area contributed by atoms with Gasteiger partial charge < -0.3 is 9.64 Å². The highest BCUT2D eigenvalue weighted by Gasteiger charge is 2.22. The van der Waals surface area contributed by atoms with Crippen LogP contribution in [0.3, 0.4) is 0 Å². The summed E-state index contributed by atoms with van der Waals surface area (Å²) in [6, 6.07) is 2.55. The largest absolute Gasteiger partial charge is 0.378 e. The molecule has 1 aromatic carbocycles. The molecule has 92 valence electrons. The van der Waals surface area contributed by atoms with Crippen LogP contribution in [0.15, 0.2) is 16.6 Å². The van der Waals surface area contributed by atoms with Gasteiger partial charge in [-0.25, -0.2) is 4.39 Å². The molecule has 1 aliphatic heterocycles. The maximum Gasteiger partial charge on any atom is 0.257 e. The van der Waals surface area contributed by atoms with Crippen LogP contribution < -0.4 is 0 Å². The van der Waals surface area contributed by atoms with E-state index in [1.807, 2.05) is 0 Å². The quantitative estimate of drug-likeness (QED) is 0.744. The van der Waals surface area contributed by atoms with Crippen molar-refractivity contribution in [3.63, 3.8) is 0 Å². The van der Waals surface area contributed by atoms with Crippen LogP contribution in [0, 0.1) is 5.82 Å². The van der Waals surface area contributed by atoms with Crippen molar-refractivity contribution in [2.45, 2.75) is 0 Å². The Labute approximate surface area is 112 Å². The molecule has 17 heavy (non-hydrogen) atoms. The summed E-state index contributed by atoms with van der Waals surface area (Å²) in [4.78, 5) is 13.6. The van der Waals surface area contributed by atoms with E-state index in [2.05, 4.69) is 15.9 Å². The molecular weight excluding hydrogens is 312 g/mol. The second-order valence-corrected chi connectivity index (χ2v) is 4.91. The Kier molecular flexibility index (Phi) is 4.01. The van der Waals surface area contributed by atoms with Crippen molar-refractivity contribution in [1.29, 1.82) is 0 Å². The Balaban J connectivity index is 2.26. The van der Waals surface area contributed by atoms with Crippen LogP contribution in [0.5, 0.6) is 0 Å². The molecule has 1 aliphatic rings. The first kappa shape index (κ1) is 12.8. The van der Waals surface area contributed by atoms with Gasteiger partial charge in [0.1, 0.15) is 5.82 Å². The summed E-state index contributed by atoms with van der Waals surface area (Å²) in [7, 11) is 0. The molecule has 0 N–H and O–H groups in total. The summed E-state index contributed by atoms with van der Waals surface area (Å²) >= 11 is 8.92. The maximum absolute atomic E-state index is 13.7. The summed E-state index contributed by atoms with van der Waals surface area (Å²) in [6.45, 7) is 1.95. The van der Waals surface area contributed by atoms with Crippen LogP contribution in [-0.4, -0.2) is 37.1 Å². The van der Waals surface area contributed by atoms with Gasteiger partial charge in [0, 0.05) is 17.6 Å². The molecule has 1 aromatic rings. The highest BCUT2D eigenvalue weighted by Crippen LogP contribution is 2.26. The summed E-state index contributed by atoms with van der Waals surface area (Å²) in [5.41, 5.74) is 0.0307. The van der Waals surface area contributed by atoms with Gasteiger partial charge in [-0.2, -0.15) is 0 Å². The number of carbonyl (C=O) groups excluding carboxylic acids is 1. The Morgan fingerprint density at radius 3 is 2.71 bits per heavy atom. The summed E-state index contributed by atoms with van der Waals surface area (Å²) < 4.78 is 19.3. The Hall–Kier alpha value is -0.650. The van der Waals surface area contributed by atoms with E-state index < -0.39 is 5.82 Å². The fourth-order valence-corrected chi connectivity index (χ4v) is 2.12. The minimum absolute atomic E-state index is 0.0307. The first-order chi connectivity index (χ1) is 8.09. The minimum atomic E-state index is -0.602. The molecule has 0 spiro atoms. The van der Waals surface area contributed by atoms with E-state index in [1.165, 1.54) is 6.07 Å². The number of ether oxygens (including phenoxy) is 1. The lowest BCUT2D eigenvalue weighted by atomic mass is 10.2. The number of nitrogens with zero attached hydrogens (tertiary/aromatic N) is 1. The van der Waals surface area contributed by atoms with Gasteiger partial charge in [-0.15, -0.1) is 0 Å². The highest BCUT2D eigenvalue weighted by atomic mass is 79.9. The predicted molar refractivity (Wildman–Crippen MR) is 65.8 cm³/mol. The molecule has 0 atom stereocenters. The van der Waals surface area contributed by atoms with Gasteiger partial charge in [0.05, 0.1) is 23.8 Å². The van der Waals surface area contributed by atoms with E-state index in [9.17, 15) is 9.18 Å². The van der Waals surface area contributed by atoms with Crippen LogP contribution in [0.1, 0.15) is 10.4 Å². The number of carbonyl (C=O) groups is 1. The van der Waals surface area contributed by atoms with Crippen LogP contribution >= 0.6 is 27.5 Å². The minimum Gasteiger partial charge on any atom is -0.378 e. The number of morpholine rings is 1. The third kappa shape index (κ3) is 2.78. The summed E-state index contributed by atoms with van der Waals surface area (Å²) in [5.74, 6) is -0.933. The summed E-state index contributed by atoms with van der Waals surface area (Å²) in [6.07, 6.45) is 0. The molecule has 1 heterocycles. The van der Waals surface area contributed by atoms with Gasteiger partial charge in [-0.3, -0.25) is 4.79 Å². The van der Waals surface area contributed by atoms with Crippen molar-refractivity contribution in [2.24, 2.45) is 0 Å². The zero-order chi connectivity index (χ0) is 12.4. The second-order valence-electron chi connectivity index (χ2n) is 3.65. The highest BCUT2D eigenvalue weighted by molar-refractivity contribution is 9.10. The molecule has 0 unspecified atom stereocenters. The molecule has 3 nitrogen and oxygen atoms in total. The number of rotatable bonds is 1. The van der Waals surface area contributed by atoms with Crippen molar-refractivity contribution in [3.05, 3.63) is 33.0 Å². The number of hydrogen-bond donors (Lipinski definition) is 0. The number of amides is 1. The van der Waals surface area contributed by atoms with Gasteiger partial charge in [-0.05, 0) is 28.1 Å². The summed E-state index contributed by atoms with van der Waals surface area (Å²) in [5, 5.41) is 0.251. The first-order valence-electron chi connectivity index (χ1n) is 5.11. The van der Waals surface area contributed by atoms with E-state index in [1.54, 1.807) is 4.90 Å². The van der Waals surface area contributed by atoms with Gasteiger partial charge in [-0.1, -0.05) is 11.6 Å². The molecule has 1 fully saturated rings. The molecule has 0 bridgehead atoms. The smallest absolute Gasteiger partial charge is 0.257 e. The van der Waals surface area contributed by atoms with Gasteiger partial charge in [0.2, 0.25) is 0 Å². The molecule has 2 rings (SSSR count). The monoisotopic (exact) mass is 321 g/mol. The zero-order valence-corrected chi connectivity index (χ0v) is 11.2. The van der Waals surface area contributed by atoms with Gasteiger partial charge >= 0.3 is 0 Å². The van der Waals surface area contributed by atoms with Crippen molar-refractivity contribution in [3.8, 4) is 0 Å². The van der Waals surface area contributed by atoms with E-state index in [4.69, 9.17) is 16.3 Å². The van der Waals surface area contributed by atoms with Crippen molar-refractivity contribution < 1.29 is 13.9 Å². The third-order valence-electron chi connectivity index (χ3n) is 2.54. The average molecular weight is 323 g/mol. The van der Waals surface area contributed by atoms with E-state index in [0.717, 1.165) is 6.07 Å². The van der Waals surface area contributed by atoms with E-state index in [-0.39, 0.29) is 16.5 Å². The molecular formula is C11H10BrClFNO2. The van der Waals surface area contributed by atoms with Crippen LogP contribution in [-0.2, 0) is 4.74 Å². The maximum atomic E-state index is 13.7.